The van der Waals surface area contributed by atoms with Gasteiger partial charge in [0, 0.05) is 30.9 Å². The predicted octanol–water partition coefficient (Wildman–Crippen LogP) is 3.04. The second kappa shape index (κ2) is 6.75. The number of morpholine rings is 1. The van der Waals surface area contributed by atoms with Gasteiger partial charge in [-0.25, -0.2) is 0 Å². The van der Waals surface area contributed by atoms with Gasteiger partial charge in [-0.15, -0.1) is 0 Å². The maximum Gasteiger partial charge on any atom is 0.224 e. The third-order valence-corrected chi connectivity index (χ3v) is 3.41. The molecule has 110 valence electrons. The summed E-state index contributed by atoms with van der Waals surface area (Å²) in [6, 6.07) is 8.06. The second-order valence-corrected chi connectivity index (χ2v) is 5.51. The van der Waals surface area contributed by atoms with Gasteiger partial charge in [-0.2, -0.15) is 0 Å². The van der Waals surface area contributed by atoms with E-state index in [1.807, 2.05) is 19.1 Å². The summed E-state index contributed by atoms with van der Waals surface area (Å²) in [7, 11) is 0. The molecular formula is C16H24N2O2. The van der Waals surface area contributed by atoms with Crippen LogP contribution in [0.25, 0.3) is 0 Å². The minimum absolute atomic E-state index is 0.0777. The van der Waals surface area contributed by atoms with Gasteiger partial charge in [0.15, 0.2) is 0 Å². The first-order valence-corrected chi connectivity index (χ1v) is 7.38. The van der Waals surface area contributed by atoms with Crippen LogP contribution in [0.1, 0.15) is 33.6 Å². The van der Waals surface area contributed by atoms with Gasteiger partial charge in [-0.05, 0) is 44.5 Å². The Balaban J connectivity index is 1.99. The number of hydrogen-bond acceptors (Lipinski definition) is 3. The fraction of sp³-hybridized carbons (Fsp3) is 0.562. The van der Waals surface area contributed by atoms with Crippen molar-refractivity contribution in [3.8, 4) is 0 Å². The van der Waals surface area contributed by atoms with Crippen LogP contribution < -0.4 is 10.2 Å². The Morgan fingerprint density at radius 2 is 1.85 bits per heavy atom. The summed E-state index contributed by atoms with van der Waals surface area (Å²) in [4.78, 5) is 13.9. The van der Waals surface area contributed by atoms with Crippen molar-refractivity contribution in [3.63, 3.8) is 0 Å². The van der Waals surface area contributed by atoms with E-state index in [1.165, 1.54) is 5.69 Å². The molecule has 0 radical (unpaired) electrons. The van der Waals surface area contributed by atoms with Crippen molar-refractivity contribution >= 4 is 17.3 Å². The molecule has 1 N–H and O–H groups in total. The average molecular weight is 276 g/mol. The number of amides is 1. The molecule has 0 spiro atoms. The lowest BCUT2D eigenvalue weighted by Crippen LogP contribution is -2.45. The highest BCUT2D eigenvalue weighted by Gasteiger charge is 2.22. The number of anilines is 2. The molecule has 1 fully saturated rings. The zero-order chi connectivity index (χ0) is 14.5. The Labute approximate surface area is 121 Å². The van der Waals surface area contributed by atoms with Gasteiger partial charge in [0.2, 0.25) is 5.91 Å². The highest BCUT2D eigenvalue weighted by atomic mass is 16.5. The Hall–Kier alpha value is -1.55. The van der Waals surface area contributed by atoms with E-state index in [1.54, 1.807) is 0 Å². The molecule has 1 saturated heterocycles. The van der Waals surface area contributed by atoms with E-state index in [0.717, 1.165) is 25.2 Å². The maximum atomic E-state index is 11.5. The lowest BCUT2D eigenvalue weighted by molar-refractivity contribution is -0.116. The van der Waals surface area contributed by atoms with E-state index < -0.39 is 0 Å². The zero-order valence-corrected chi connectivity index (χ0v) is 12.6. The minimum atomic E-state index is 0.0777. The van der Waals surface area contributed by atoms with Gasteiger partial charge in [0.05, 0.1) is 12.2 Å². The number of benzene rings is 1. The molecule has 0 saturated carbocycles. The van der Waals surface area contributed by atoms with Gasteiger partial charge < -0.3 is 15.0 Å². The molecule has 4 nitrogen and oxygen atoms in total. The third-order valence-electron chi connectivity index (χ3n) is 3.41. The molecule has 1 aromatic carbocycles. The SMILES string of the molecule is CCCC(=O)Nc1ccc(N2CC(C)OC(C)C2)cc1. The van der Waals surface area contributed by atoms with E-state index in [2.05, 4.69) is 36.2 Å². The number of hydrogen-bond donors (Lipinski definition) is 1. The van der Waals surface area contributed by atoms with Crippen molar-refractivity contribution in [2.45, 2.75) is 45.8 Å². The molecule has 4 heteroatoms. The highest BCUT2D eigenvalue weighted by molar-refractivity contribution is 5.90. The predicted molar refractivity (Wildman–Crippen MR) is 82.2 cm³/mol. The number of carbonyl (C=O) groups is 1. The summed E-state index contributed by atoms with van der Waals surface area (Å²) >= 11 is 0. The van der Waals surface area contributed by atoms with Crippen molar-refractivity contribution in [2.75, 3.05) is 23.3 Å². The lowest BCUT2D eigenvalue weighted by atomic mass is 10.2. The van der Waals surface area contributed by atoms with Gasteiger partial charge in [-0.1, -0.05) is 6.92 Å². The average Bonchev–Trinajstić information content (AvgIpc) is 2.38. The quantitative estimate of drug-likeness (QED) is 0.919. The third kappa shape index (κ3) is 3.97. The van der Waals surface area contributed by atoms with Gasteiger partial charge >= 0.3 is 0 Å². The minimum Gasteiger partial charge on any atom is -0.372 e. The van der Waals surface area contributed by atoms with E-state index in [9.17, 15) is 4.79 Å². The highest BCUT2D eigenvalue weighted by Crippen LogP contribution is 2.22. The molecule has 1 aliphatic heterocycles. The maximum absolute atomic E-state index is 11.5. The van der Waals surface area contributed by atoms with Crippen LogP contribution in [-0.4, -0.2) is 31.2 Å². The number of rotatable bonds is 4. The van der Waals surface area contributed by atoms with Gasteiger partial charge in [-0.3, -0.25) is 4.79 Å². The lowest BCUT2D eigenvalue weighted by Gasteiger charge is -2.36. The molecule has 2 rings (SSSR count). The van der Waals surface area contributed by atoms with Crippen LogP contribution in [-0.2, 0) is 9.53 Å². The topological polar surface area (TPSA) is 41.6 Å². The smallest absolute Gasteiger partial charge is 0.224 e. The fourth-order valence-corrected chi connectivity index (χ4v) is 2.59. The Kier molecular flexibility index (Phi) is 5.01. The van der Waals surface area contributed by atoms with Crippen molar-refractivity contribution < 1.29 is 9.53 Å². The standard InChI is InChI=1S/C16H24N2O2/c1-4-5-16(19)17-14-6-8-15(9-7-14)18-10-12(2)20-13(3)11-18/h6-9,12-13H,4-5,10-11H2,1-3H3,(H,17,19). The molecule has 1 heterocycles. The normalized spacial score (nSPS) is 22.6. The van der Waals surface area contributed by atoms with E-state index in [4.69, 9.17) is 4.74 Å². The summed E-state index contributed by atoms with van der Waals surface area (Å²) in [6.07, 6.45) is 1.94. The van der Waals surface area contributed by atoms with Crippen molar-refractivity contribution in [1.82, 2.24) is 0 Å². The first-order valence-electron chi connectivity index (χ1n) is 7.38. The molecular weight excluding hydrogens is 252 g/mol. The molecule has 0 bridgehead atoms. The second-order valence-electron chi connectivity index (χ2n) is 5.51. The summed E-state index contributed by atoms with van der Waals surface area (Å²) < 4.78 is 5.74. The molecule has 1 aliphatic rings. The van der Waals surface area contributed by atoms with Crippen molar-refractivity contribution in [1.29, 1.82) is 0 Å². The molecule has 0 aliphatic carbocycles. The first-order chi connectivity index (χ1) is 9.58. The molecule has 0 aromatic heterocycles. The largest absolute Gasteiger partial charge is 0.372 e. The number of ether oxygens (including phenoxy) is 1. The van der Waals surface area contributed by atoms with Crippen LogP contribution in [0.4, 0.5) is 11.4 Å². The van der Waals surface area contributed by atoms with Crippen molar-refractivity contribution in [3.05, 3.63) is 24.3 Å². The van der Waals surface area contributed by atoms with E-state index in [0.29, 0.717) is 6.42 Å². The Morgan fingerprint density at radius 1 is 1.25 bits per heavy atom. The van der Waals surface area contributed by atoms with Crippen molar-refractivity contribution in [2.24, 2.45) is 0 Å². The Bertz CT molecular complexity index is 434. The summed E-state index contributed by atoms with van der Waals surface area (Å²) in [6.45, 7) is 8.02. The number of nitrogens with one attached hydrogen (secondary N) is 1. The molecule has 2 atom stereocenters. The van der Waals surface area contributed by atoms with E-state index >= 15 is 0 Å². The van der Waals surface area contributed by atoms with E-state index in [-0.39, 0.29) is 18.1 Å². The molecule has 1 aromatic rings. The first kappa shape index (κ1) is 14.9. The molecule has 1 amide bonds. The van der Waals surface area contributed by atoms with Gasteiger partial charge in [0.1, 0.15) is 0 Å². The van der Waals surface area contributed by atoms with Gasteiger partial charge in [0.25, 0.3) is 0 Å². The summed E-state index contributed by atoms with van der Waals surface area (Å²) in [5.41, 5.74) is 2.04. The fourth-order valence-electron chi connectivity index (χ4n) is 2.59. The number of nitrogens with zero attached hydrogens (tertiary/aromatic N) is 1. The van der Waals surface area contributed by atoms with Crippen LogP contribution in [0.5, 0.6) is 0 Å². The Morgan fingerprint density at radius 3 is 2.40 bits per heavy atom. The van der Waals surface area contributed by atoms with Crippen LogP contribution in [0.15, 0.2) is 24.3 Å². The van der Waals surface area contributed by atoms with Crippen LogP contribution in [0.2, 0.25) is 0 Å². The summed E-state index contributed by atoms with van der Waals surface area (Å²) in [5, 5.41) is 2.91. The van der Waals surface area contributed by atoms with Crippen LogP contribution in [0, 0.1) is 0 Å². The van der Waals surface area contributed by atoms with Crippen LogP contribution >= 0.6 is 0 Å². The summed E-state index contributed by atoms with van der Waals surface area (Å²) in [5.74, 6) is 0.0777. The monoisotopic (exact) mass is 276 g/mol. The zero-order valence-electron chi connectivity index (χ0n) is 12.6. The van der Waals surface area contributed by atoms with Crippen LogP contribution in [0.3, 0.4) is 0 Å². The molecule has 2 unspecified atom stereocenters. The molecule has 20 heavy (non-hydrogen) atoms. The number of carbonyl (C=O) groups excluding carboxylic acids is 1.